The van der Waals surface area contributed by atoms with E-state index in [4.69, 9.17) is 10.6 Å². The number of hydrazine groups is 1. The van der Waals surface area contributed by atoms with Gasteiger partial charge < -0.3 is 10.2 Å². The Labute approximate surface area is 80.1 Å². The van der Waals surface area contributed by atoms with Crippen LogP contribution >= 0.6 is 0 Å². The normalized spacial score (nSPS) is 10.6. The maximum atomic E-state index is 11.7. The first-order chi connectivity index (χ1) is 6.72. The van der Waals surface area contributed by atoms with E-state index in [2.05, 4.69) is 10.4 Å². The summed E-state index contributed by atoms with van der Waals surface area (Å²) in [7, 11) is 0. The number of alkyl halides is 2. The number of aromatic nitrogens is 1. The van der Waals surface area contributed by atoms with Crippen LogP contribution < -0.4 is 11.3 Å². The number of nitrogens with zero attached hydrogens (tertiary/aromatic N) is 1. The highest BCUT2D eigenvalue weighted by Gasteiger charge is 2.02. The van der Waals surface area contributed by atoms with E-state index in [1.54, 1.807) is 12.1 Å². The van der Waals surface area contributed by atoms with Gasteiger partial charge in [-0.3, -0.25) is 10.8 Å². The van der Waals surface area contributed by atoms with E-state index in [1.807, 2.05) is 0 Å². The highest BCUT2D eigenvalue weighted by molar-refractivity contribution is 5.41. The summed E-state index contributed by atoms with van der Waals surface area (Å²) in [5, 5.41) is 0. The molecule has 0 spiro atoms. The van der Waals surface area contributed by atoms with Gasteiger partial charge in [0.25, 0.3) is 6.43 Å². The summed E-state index contributed by atoms with van der Waals surface area (Å²) in [6, 6.07) is 3.29. The standard InChI is InChI=1S/C8H11F2N3O/c9-8(10)5-14-4-7-3-6(13-11)1-2-12-7/h1-3,8H,4-5,11H2,(H,12,13). The molecule has 14 heavy (non-hydrogen) atoms. The van der Waals surface area contributed by atoms with E-state index in [1.165, 1.54) is 6.20 Å². The molecule has 0 amide bonds. The molecule has 1 rings (SSSR count). The number of anilines is 1. The highest BCUT2D eigenvalue weighted by Crippen LogP contribution is 2.07. The zero-order valence-electron chi connectivity index (χ0n) is 7.41. The molecule has 0 fully saturated rings. The van der Waals surface area contributed by atoms with Crippen molar-refractivity contribution >= 4 is 5.69 Å². The fourth-order valence-electron chi connectivity index (χ4n) is 0.899. The molecule has 1 aromatic heterocycles. The number of nitrogen functional groups attached to an aromatic ring is 1. The third-order valence-electron chi connectivity index (χ3n) is 1.48. The van der Waals surface area contributed by atoms with Crippen molar-refractivity contribution in [1.29, 1.82) is 0 Å². The molecule has 4 nitrogen and oxygen atoms in total. The van der Waals surface area contributed by atoms with Crippen LogP contribution in [0.2, 0.25) is 0 Å². The summed E-state index contributed by atoms with van der Waals surface area (Å²) in [5.74, 6) is 5.16. The molecule has 1 heterocycles. The Morgan fingerprint density at radius 2 is 2.36 bits per heavy atom. The van der Waals surface area contributed by atoms with Crippen molar-refractivity contribution in [2.75, 3.05) is 12.0 Å². The highest BCUT2D eigenvalue weighted by atomic mass is 19.3. The van der Waals surface area contributed by atoms with Gasteiger partial charge in [0, 0.05) is 6.20 Å². The summed E-state index contributed by atoms with van der Waals surface area (Å²) < 4.78 is 28.1. The minimum atomic E-state index is -2.45. The summed E-state index contributed by atoms with van der Waals surface area (Å²) in [5.41, 5.74) is 3.64. The number of ether oxygens (including phenoxy) is 1. The van der Waals surface area contributed by atoms with Crippen molar-refractivity contribution in [3.63, 3.8) is 0 Å². The maximum absolute atomic E-state index is 11.7. The Morgan fingerprint density at radius 3 is 3.00 bits per heavy atom. The average Bonchev–Trinajstić information content (AvgIpc) is 2.18. The van der Waals surface area contributed by atoms with Crippen molar-refractivity contribution in [2.24, 2.45) is 5.84 Å². The van der Waals surface area contributed by atoms with Gasteiger partial charge in [0.1, 0.15) is 6.61 Å². The Morgan fingerprint density at radius 1 is 1.57 bits per heavy atom. The van der Waals surface area contributed by atoms with Crippen molar-refractivity contribution in [3.8, 4) is 0 Å². The summed E-state index contributed by atoms with van der Waals surface area (Å²) in [4.78, 5) is 3.92. The van der Waals surface area contributed by atoms with Gasteiger partial charge in [0.05, 0.1) is 18.0 Å². The molecule has 78 valence electrons. The van der Waals surface area contributed by atoms with E-state index in [0.717, 1.165) is 0 Å². The van der Waals surface area contributed by atoms with E-state index in [-0.39, 0.29) is 6.61 Å². The molecule has 0 saturated heterocycles. The van der Waals surface area contributed by atoms with Gasteiger partial charge in [-0.1, -0.05) is 0 Å². The van der Waals surface area contributed by atoms with Crippen molar-refractivity contribution < 1.29 is 13.5 Å². The van der Waals surface area contributed by atoms with Crippen LogP contribution in [0.5, 0.6) is 0 Å². The number of rotatable bonds is 5. The molecule has 0 aliphatic rings. The quantitative estimate of drug-likeness (QED) is 0.556. The second kappa shape index (κ2) is 5.46. The number of pyridine rings is 1. The van der Waals surface area contributed by atoms with Gasteiger partial charge in [-0.25, -0.2) is 8.78 Å². The van der Waals surface area contributed by atoms with Gasteiger partial charge in [-0.2, -0.15) is 0 Å². The molecule has 0 aliphatic carbocycles. The Balaban J connectivity index is 2.42. The largest absolute Gasteiger partial charge is 0.369 e. The minimum absolute atomic E-state index is 0.0554. The molecule has 0 bridgehead atoms. The van der Waals surface area contributed by atoms with Crippen LogP contribution in [-0.2, 0) is 11.3 Å². The lowest BCUT2D eigenvalue weighted by atomic mass is 10.3. The monoisotopic (exact) mass is 203 g/mol. The van der Waals surface area contributed by atoms with Gasteiger partial charge in [-0.05, 0) is 12.1 Å². The van der Waals surface area contributed by atoms with Gasteiger partial charge in [0.2, 0.25) is 0 Å². The number of hydrogen-bond donors (Lipinski definition) is 2. The van der Waals surface area contributed by atoms with E-state index >= 15 is 0 Å². The van der Waals surface area contributed by atoms with Gasteiger partial charge in [-0.15, -0.1) is 0 Å². The van der Waals surface area contributed by atoms with Crippen LogP contribution in [0.3, 0.4) is 0 Å². The van der Waals surface area contributed by atoms with E-state index in [0.29, 0.717) is 11.4 Å². The number of halogens is 2. The third kappa shape index (κ3) is 3.63. The fourth-order valence-corrected chi connectivity index (χ4v) is 0.899. The maximum Gasteiger partial charge on any atom is 0.261 e. The van der Waals surface area contributed by atoms with Crippen molar-refractivity contribution in [1.82, 2.24) is 4.98 Å². The molecule has 3 N–H and O–H groups in total. The molecule has 0 unspecified atom stereocenters. The molecule has 0 radical (unpaired) electrons. The molecular formula is C8H11F2N3O. The second-order valence-corrected chi connectivity index (χ2v) is 2.59. The summed E-state index contributed by atoms with van der Waals surface area (Å²) in [6.45, 7) is -0.526. The summed E-state index contributed by atoms with van der Waals surface area (Å²) >= 11 is 0. The number of nitrogens with one attached hydrogen (secondary N) is 1. The molecule has 1 aromatic rings. The lowest BCUT2D eigenvalue weighted by molar-refractivity contribution is 0.00885. The zero-order valence-corrected chi connectivity index (χ0v) is 7.41. The Kier molecular flexibility index (Phi) is 4.21. The van der Waals surface area contributed by atoms with Crippen molar-refractivity contribution in [2.45, 2.75) is 13.0 Å². The van der Waals surface area contributed by atoms with Gasteiger partial charge in [0.15, 0.2) is 0 Å². The molecule has 0 aliphatic heterocycles. The molecule has 6 heteroatoms. The van der Waals surface area contributed by atoms with Crippen LogP contribution in [0, 0.1) is 0 Å². The topological polar surface area (TPSA) is 60.2 Å². The molecular weight excluding hydrogens is 192 g/mol. The fraction of sp³-hybridized carbons (Fsp3) is 0.375. The number of hydrogen-bond acceptors (Lipinski definition) is 4. The van der Waals surface area contributed by atoms with Gasteiger partial charge >= 0.3 is 0 Å². The first-order valence-electron chi connectivity index (χ1n) is 4.00. The Bertz CT molecular complexity index is 283. The van der Waals surface area contributed by atoms with E-state index in [9.17, 15) is 8.78 Å². The summed E-state index contributed by atoms with van der Waals surface area (Å²) in [6.07, 6.45) is -0.929. The van der Waals surface area contributed by atoms with Crippen LogP contribution in [0.1, 0.15) is 5.69 Å². The first kappa shape index (κ1) is 10.8. The molecule has 0 aromatic carbocycles. The van der Waals surface area contributed by atoms with Crippen LogP contribution in [0.15, 0.2) is 18.3 Å². The molecule has 0 saturated carbocycles. The smallest absolute Gasteiger partial charge is 0.261 e. The van der Waals surface area contributed by atoms with Crippen molar-refractivity contribution in [3.05, 3.63) is 24.0 Å². The molecule has 0 atom stereocenters. The zero-order chi connectivity index (χ0) is 10.4. The second-order valence-electron chi connectivity index (χ2n) is 2.59. The predicted molar refractivity (Wildman–Crippen MR) is 47.7 cm³/mol. The van der Waals surface area contributed by atoms with Crippen LogP contribution in [0.25, 0.3) is 0 Å². The predicted octanol–water partition coefficient (Wildman–Crippen LogP) is 1.15. The SMILES string of the molecule is NNc1ccnc(COCC(F)F)c1. The minimum Gasteiger partial charge on any atom is -0.369 e. The number of nitrogens with two attached hydrogens (primary N) is 1. The Hall–Kier alpha value is -1.27. The van der Waals surface area contributed by atoms with Crippen LogP contribution in [0.4, 0.5) is 14.5 Å². The lowest BCUT2D eigenvalue weighted by Crippen LogP contribution is -2.08. The lowest BCUT2D eigenvalue weighted by Gasteiger charge is -2.04. The average molecular weight is 203 g/mol. The van der Waals surface area contributed by atoms with E-state index < -0.39 is 13.0 Å². The third-order valence-corrected chi connectivity index (χ3v) is 1.48. The van der Waals surface area contributed by atoms with Crippen LogP contribution in [-0.4, -0.2) is 18.0 Å². The first-order valence-corrected chi connectivity index (χ1v) is 4.00.